The van der Waals surface area contributed by atoms with Gasteiger partial charge in [-0.15, -0.1) is 0 Å². The van der Waals surface area contributed by atoms with Gasteiger partial charge < -0.3 is 9.84 Å². The van der Waals surface area contributed by atoms with Gasteiger partial charge in [-0.25, -0.2) is 0 Å². The van der Waals surface area contributed by atoms with Crippen LogP contribution >= 0.6 is 0 Å². The maximum absolute atomic E-state index is 11.9. The Bertz CT molecular complexity index is 1360. The highest BCUT2D eigenvalue weighted by Crippen LogP contribution is 2.10. The zero-order chi connectivity index (χ0) is 46.2. The molecule has 0 rings (SSSR count). The Morgan fingerprint density at radius 3 is 0.937 bits per heavy atom. The Morgan fingerprint density at radius 1 is 0.317 bits per heavy atom. The fourth-order valence-electron chi connectivity index (χ4n) is 5.97. The number of carboxylic acid groups (broad SMARTS) is 1. The molecule has 0 aromatic heterocycles. The third-order valence-electron chi connectivity index (χ3n) is 9.69. The average Bonchev–Trinajstić information content (AvgIpc) is 3.27. The van der Waals surface area contributed by atoms with E-state index in [1.54, 1.807) is 0 Å². The maximum atomic E-state index is 11.9. The van der Waals surface area contributed by atoms with Crippen LogP contribution in [0.1, 0.15) is 213 Å². The minimum Gasteiger partial charge on any atom is -0.481 e. The minimum absolute atomic E-state index is 0.262. The molecule has 0 saturated heterocycles. The van der Waals surface area contributed by atoms with Crippen LogP contribution in [0.4, 0.5) is 0 Å². The van der Waals surface area contributed by atoms with Gasteiger partial charge >= 0.3 is 17.9 Å². The molecule has 0 aromatic rings. The van der Waals surface area contributed by atoms with E-state index in [1.165, 1.54) is 64.2 Å². The molecule has 354 valence electrons. The smallest absolute Gasteiger partial charge is 0.313 e. The summed E-state index contributed by atoms with van der Waals surface area (Å²) in [5.74, 6) is -1.49. The van der Waals surface area contributed by atoms with Gasteiger partial charge in [-0.2, -0.15) is 0 Å². The first-order valence-corrected chi connectivity index (χ1v) is 25.1. The number of carboxylic acids is 1. The first-order valence-electron chi connectivity index (χ1n) is 25.1. The zero-order valence-corrected chi connectivity index (χ0v) is 40.5. The number of unbranched alkanes of at least 4 members (excludes halogenated alkanes) is 13. The molecule has 0 unspecified atom stereocenters. The molecule has 0 amide bonds. The highest BCUT2D eigenvalue weighted by atomic mass is 16.6. The highest BCUT2D eigenvalue weighted by molar-refractivity contribution is 5.85. The molecular weight excluding hydrogens is 777 g/mol. The van der Waals surface area contributed by atoms with E-state index in [4.69, 9.17) is 9.84 Å². The summed E-state index contributed by atoms with van der Waals surface area (Å²) in [7, 11) is 0. The van der Waals surface area contributed by atoms with E-state index >= 15 is 0 Å². The largest absolute Gasteiger partial charge is 0.481 e. The van der Waals surface area contributed by atoms with Crippen LogP contribution in [0.25, 0.3) is 0 Å². The molecule has 0 aliphatic heterocycles. The number of rotatable bonds is 41. The van der Waals surface area contributed by atoms with Crippen LogP contribution in [0.15, 0.2) is 134 Å². The van der Waals surface area contributed by atoms with Crippen molar-refractivity contribution in [3.8, 4) is 0 Å². The van der Waals surface area contributed by atoms with E-state index in [9.17, 15) is 14.4 Å². The number of allylic oxidation sites excluding steroid dienone is 22. The molecule has 5 heteroatoms. The molecule has 63 heavy (non-hydrogen) atoms. The molecule has 1 N–H and O–H groups in total. The fraction of sp³-hybridized carbons (Fsp3) is 0.569. The van der Waals surface area contributed by atoms with Gasteiger partial charge in [-0.1, -0.05) is 199 Å². The van der Waals surface area contributed by atoms with Crippen LogP contribution in [-0.4, -0.2) is 23.0 Å². The van der Waals surface area contributed by atoms with Crippen molar-refractivity contribution in [3.63, 3.8) is 0 Å². The number of hydrogen-bond donors (Lipinski definition) is 1. The van der Waals surface area contributed by atoms with Crippen molar-refractivity contribution in [2.24, 2.45) is 0 Å². The van der Waals surface area contributed by atoms with Crippen molar-refractivity contribution in [1.29, 1.82) is 0 Å². The van der Waals surface area contributed by atoms with Crippen LogP contribution in [0.5, 0.6) is 0 Å². The molecule has 0 aliphatic rings. The summed E-state index contributed by atoms with van der Waals surface area (Å²) in [4.78, 5) is 34.1. The number of carbonyl (C=O) groups excluding carboxylic acids is 2. The lowest BCUT2D eigenvalue weighted by atomic mass is 10.1. The summed E-state index contributed by atoms with van der Waals surface area (Å²) in [6, 6.07) is 0. The van der Waals surface area contributed by atoms with Gasteiger partial charge in [0.1, 0.15) is 0 Å². The topological polar surface area (TPSA) is 80.7 Å². The van der Waals surface area contributed by atoms with Gasteiger partial charge in [0.2, 0.25) is 0 Å². The fourth-order valence-corrected chi connectivity index (χ4v) is 5.97. The summed E-state index contributed by atoms with van der Waals surface area (Å²) in [6.45, 7) is 6.62. The summed E-state index contributed by atoms with van der Waals surface area (Å²) in [6.07, 6.45) is 77.9. The Labute approximate surface area is 387 Å². The molecule has 0 heterocycles. The first-order chi connectivity index (χ1) is 31.0. The summed E-state index contributed by atoms with van der Waals surface area (Å²) >= 11 is 0. The number of ether oxygens (including phenoxy) is 1. The second-order valence-electron chi connectivity index (χ2n) is 15.8. The van der Waals surface area contributed by atoms with E-state index in [0.717, 1.165) is 103 Å². The lowest BCUT2D eigenvalue weighted by molar-refractivity contribution is -0.159. The first kappa shape index (κ1) is 60.8. The van der Waals surface area contributed by atoms with E-state index in [2.05, 4.69) is 154 Å². The number of hydrogen-bond acceptors (Lipinski definition) is 4. The summed E-state index contributed by atoms with van der Waals surface area (Å²) in [5.41, 5.74) is 0. The predicted molar refractivity (Wildman–Crippen MR) is 275 cm³/mol. The van der Waals surface area contributed by atoms with Crippen LogP contribution in [0, 0.1) is 0 Å². The van der Waals surface area contributed by atoms with Crippen LogP contribution < -0.4 is 0 Å². The van der Waals surface area contributed by atoms with E-state index < -0.39 is 11.9 Å². The normalized spacial score (nSPS) is 12.6. The third-order valence-corrected chi connectivity index (χ3v) is 9.69. The second kappa shape index (κ2) is 55.8. The summed E-state index contributed by atoms with van der Waals surface area (Å²) < 4.78 is 4.96. The molecule has 0 aromatic carbocycles. The van der Waals surface area contributed by atoms with Crippen molar-refractivity contribution in [3.05, 3.63) is 134 Å². The van der Waals surface area contributed by atoms with Crippen molar-refractivity contribution in [1.82, 2.24) is 0 Å². The quantitative estimate of drug-likeness (QED) is 0.0286. The maximum Gasteiger partial charge on any atom is 0.313 e. The molecule has 0 aliphatic carbocycles. The standard InChI is InChI=1S/C38H60O3.C20H32O2/c1-3-5-7-9-11-13-15-17-19-20-22-24-26-28-30-32-34-36-38(40)41-37(39)35-33-31-29-27-25-23-21-18-16-14-12-10-8-6-4-2;1-2-3-4-5-6-7-8-9-10-11-12-13-14-15-16-17-18-19-20(21)22/h6,8,11-14,17-19,21-22,24,28,30H,3-5,7,9-10,15-16,20,23,25-27,29,31-36H2,1-2H3;6-7,9-10,12-13,15-16H,2-5,8,11,14,17-19H2,1H3,(H,21,22)/b8-6-,13-11?,14-12-,19-17?,21-18-,24-22?,30-28?;. The highest BCUT2D eigenvalue weighted by Gasteiger charge is 2.09. The van der Waals surface area contributed by atoms with Gasteiger partial charge in [-0.05, 0) is 128 Å². The van der Waals surface area contributed by atoms with Gasteiger partial charge in [-0.3, -0.25) is 14.4 Å². The lowest BCUT2D eigenvalue weighted by Crippen LogP contribution is -2.11. The van der Waals surface area contributed by atoms with E-state index in [0.29, 0.717) is 19.3 Å². The summed E-state index contributed by atoms with van der Waals surface area (Å²) in [5, 5.41) is 8.49. The monoisotopic (exact) mass is 869 g/mol. The molecule has 0 saturated carbocycles. The zero-order valence-electron chi connectivity index (χ0n) is 40.5. The van der Waals surface area contributed by atoms with Crippen molar-refractivity contribution in [2.45, 2.75) is 213 Å². The van der Waals surface area contributed by atoms with Crippen LogP contribution in [-0.2, 0) is 19.1 Å². The molecule has 0 atom stereocenters. The molecule has 0 fully saturated rings. The minimum atomic E-state index is -0.712. The number of esters is 2. The Balaban J connectivity index is 0. The molecule has 0 spiro atoms. The molecule has 0 radical (unpaired) electrons. The van der Waals surface area contributed by atoms with Crippen LogP contribution in [0.3, 0.4) is 0 Å². The Kier molecular flexibility index (Phi) is 53.9. The molecular formula is C58H92O5. The van der Waals surface area contributed by atoms with Gasteiger partial charge in [0.05, 0.1) is 0 Å². The third kappa shape index (κ3) is 59.9. The number of aliphatic carboxylic acids is 1. The van der Waals surface area contributed by atoms with Gasteiger partial charge in [0.25, 0.3) is 0 Å². The van der Waals surface area contributed by atoms with Crippen molar-refractivity contribution in [2.75, 3.05) is 0 Å². The van der Waals surface area contributed by atoms with Crippen molar-refractivity contribution >= 4 is 17.9 Å². The second-order valence-corrected chi connectivity index (χ2v) is 15.8. The lowest BCUT2D eigenvalue weighted by Gasteiger charge is -2.03. The van der Waals surface area contributed by atoms with Crippen LogP contribution in [0.2, 0.25) is 0 Å². The van der Waals surface area contributed by atoms with Gasteiger partial charge in [0, 0.05) is 19.3 Å². The van der Waals surface area contributed by atoms with Gasteiger partial charge in [0.15, 0.2) is 0 Å². The molecule has 5 nitrogen and oxygen atoms in total. The number of carbonyl (C=O) groups is 3. The molecule has 0 bridgehead atoms. The Hall–Kier alpha value is -4.25. The Morgan fingerprint density at radius 2 is 0.587 bits per heavy atom. The van der Waals surface area contributed by atoms with Crippen molar-refractivity contribution < 1.29 is 24.2 Å². The SMILES string of the molecule is CC/C=C\C/C=C\C/C=C\CCCCCCCC(=O)OC(=O)CCCC=CCC=CCC=CCC=CCCCCC.CCCCCC=CCC=CCC=CCC=CCCCC(=O)O. The average molecular weight is 869 g/mol. The van der Waals surface area contributed by atoms with E-state index in [-0.39, 0.29) is 12.4 Å². The van der Waals surface area contributed by atoms with E-state index in [1.807, 2.05) is 0 Å². The predicted octanol–water partition coefficient (Wildman–Crippen LogP) is 18.0.